The van der Waals surface area contributed by atoms with Crippen molar-refractivity contribution in [2.75, 3.05) is 13.2 Å². The molecule has 0 spiro atoms. The number of hydrogen-bond donors (Lipinski definition) is 2. The molecule has 0 aliphatic carbocycles. The number of alkyl halides is 3. The third-order valence-electron chi connectivity index (χ3n) is 2.76. The normalized spacial score (nSPS) is 13.8. The van der Waals surface area contributed by atoms with Crippen molar-refractivity contribution in [2.24, 2.45) is 12.9 Å². The number of aryl methyl sites for hydroxylation is 2. The van der Waals surface area contributed by atoms with Crippen LogP contribution in [0, 0.1) is 0 Å². The molecular weight excluding hydrogens is 297 g/mol. The largest absolute Gasteiger partial charge is 0.411 e. The van der Waals surface area contributed by atoms with Gasteiger partial charge in [-0.3, -0.25) is 16.0 Å². The van der Waals surface area contributed by atoms with E-state index in [0.717, 1.165) is 5.69 Å². The molecule has 1 aromatic heterocycles. The number of nitrogens with one attached hydrogen (secondary N) is 1. The molecule has 1 heterocycles. The monoisotopic (exact) mass is 314 g/mol. The highest BCUT2D eigenvalue weighted by molar-refractivity contribution is 6.31. The summed E-state index contributed by atoms with van der Waals surface area (Å²) in [6, 6.07) is -0.477. The van der Waals surface area contributed by atoms with Crippen LogP contribution in [0.3, 0.4) is 0 Å². The Morgan fingerprint density at radius 1 is 1.50 bits per heavy atom. The highest BCUT2D eigenvalue weighted by atomic mass is 35.5. The summed E-state index contributed by atoms with van der Waals surface area (Å²) in [6.07, 6.45) is -3.34. The zero-order valence-electron chi connectivity index (χ0n) is 11.3. The zero-order chi connectivity index (χ0) is 15.3. The van der Waals surface area contributed by atoms with E-state index in [0.29, 0.717) is 23.6 Å². The van der Waals surface area contributed by atoms with Gasteiger partial charge in [0.25, 0.3) is 0 Å². The number of aromatic nitrogens is 2. The number of nitrogens with zero attached hydrogens (tertiary/aromatic N) is 2. The number of ether oxygens (including phenoxy) is 1. The molecule has 0 radical (unpaired) electrons. The Labute approximate surface area is 120 Å². The molecule has 0 saturated heterocycles. The Bertz CT molecular complexity index is 436. The van der Waals surface area contributed by atoms with Crippen molar-refractivity contribution in [1.29, 1.82) is 0 Å². The molecule has 20 heavy (non-hydrogen) atoms. The fourth-order valence-electron chi connectivity index (χ4n) is 1.76. The summed E-state index contributed by atoms with van der Waals surface area (Å²) in [6.45, 7) is 0.451. The molecule has 1 aromatic rings. The van der Waals surface area contributed by atoms with Crippen molar-refractivity contribution in [3.05, 3.63) is 16.4 Å². The van der Waals surface area contributed by atoms with Crippen LogP contribution < -0.4 is 11.3 Å². The molecule has 0 aliphatic heterocycles. The van der Waals surface area contributed by atoms with Crippen LogP contribution in [0.5, 0.6) is 0 Å². The molecular formula is C11H18ClF3N4O. The third kappa shape index (κ3) is 4.93. The van der Waals surface area contributed by atoms with Crippen molar-refractivity contribution in [1.82, 2.24) is 15.2 Å². The Morgan fingerprint density at radius 3 is 2.60 bits per heavy atom. The second-order valence-corrected chi connectivity index (χ2v) is 4.76. The molecule has 1 unspecified atom stereocenters. The van der Waals surface area contributed by atoms with Gasteiger partial charge in [-0.2, -0.15) is 18.3 Å². The van der Waals surface area contributed by atoms with E-state index in [1.165, 1.54) is 0 Å². The molecule has 1 rings (SSSR count). The molecule has 0 bridgehead atoms. The lowest BCUT2D eigenvalue weighted by Gasteiger charge is -2.17. The van der Waals surface area contributed by atoms with Crippen molar-refractivity contribution >= 4 is 11.6 Å². The minimum Gasteiger partial charge on any atom is -0.370 e. The molecule has 0 saturated carbocycles. The van der Waals surface area contributed by atoms with Gasteiger partial charge in [0.2, 0.25) is 0 Å². The van der Waals surface area contributed by atoms with Gasteiger partial charge in [-0.25, -0.2) is 0 Å². The lowest BCUT2D eigenvalue weighted by molar-refractivity contribution is -0.175. The second kappa shape index (κ2) is 7.26. The maximum Gasteiger partial charge on any atom is 0.411 e. The standard InChI is InChI=1S/C11H18ClF3N4O/c1-3-8-10(12)9(19(2)18-8)4-7(17-16)5-20-6-11(13,14)15/h7,17H,3-6,16H2,1-2H3. The maximum absolute atomic E-state index is 12.0. The van der Waals surface area contributed by atoms with E-state index in [1.807, 2.05) is 6.92 Å². The van der Waals surface area contributed by atoms with Crippen LogP contribution in [0.1, 0.15) is 18.3 Å². The van der Waals surface area contributed by atoms with Crippen LogP contribution in [0.15, 0.2) is 0 Å². The molecule has 116 valence electrons. The van der Waals surface area contributed by atoms with E-state index in [1.54, 1.807) is 11.7 Å². The Hall–Kier alpha value is -0.830. The van der Waals surface area contributed by atoms with E-state index < -0.39 is 18.8 Å². The number of hydrogen-bond acceptors (Lipinski definition) is 4. The quantitative estimate of drug-likeness (QED) is 0.592. The molecule has 0 aliphatic rings. The summed E-state index contributed by atoms with van der Waals surface area (Å²) < 4.78 is 42.2. The predicted octanol–water partition coefficient (Wildman–Crippen LogP) is 1.59. The summed E-state index contributed by atoms with van der Waals surface area (Å²) in [5, 5.41) is 4.75. The number of halogens is 4. The van der Waals surface area contributed by atoms with E-state index in [9.17, 15) is 13.2 Å². The van der Waals surface area contributed by atoms with Crippen LogP contribution in [-0.2, 0) is 24.6 Å². The summed E-state index contributed by atoms with van der Waals surface area (Å²) in [7, 11) is 1.73. The van der Waals surface area contributed by atoms with E-state index in [-0.39, 0.29) is 6.61 Å². The fraction of sp³-hybridized carbons (Fsp3) is 0.727. The number of nitrogens with two attached hydrogens (primary N) is 1. The van der Waals surface area contributed by atoms with Gasteiger partial charge < -0.3 is 4.74 Å². The van der Waals surface area contributed by atoms with Gasteiger partial charge in [0.15, 0.2) is 0 Å². The van der Waals surface area contributed by atoms with Crippen LogP contribution >= 0.6 is 11.6 Å². The highest BCUT2D eigenvalue weighted by Crippen LogP contribution is 2.22. The van der Waals surface area contributed by atoms with Crippen LogP contribution in [0.25, 0.3) is 0 Å². The average Bonchev–Trinajstić information content (AvgIpc) is 2.63. The van der Waals surface area contributed by atoms with Gasteiger partial charge in [-0.15, -0.1) is 0 Å². The molecule has 0 aromatic carbocycles. The van der Waals surface area contributed by atoms with Crippen LogP contribution in [0.4, 0.5) is 13.2 Å². The van der Waals surface area contributed by atoms with Crippen LogP contribution in [-0.4, -0.2) is 35.2 Å². The molecule has 3 N–H and O–H groups in total. The minimum atomic E-state index is -4.35. The van der Waals surface area contributed by atoms with Crippen molar-refractivity contribution in [3.8, 4) is 0 Å². The van der Waals surface area contributed by atoms with Crippen molar-refractivity contribution in [2.45, 2.75) is 32.0 Å². The van der Waals surface area contributed by atoms with E-state index in [4.69, 9.17) is 17.4 Å². The minimum absolute atomic E-state index is 0.168. The smallest absolute Gasteiger partial charge is 0.370 e. The Balaban J connectivity index is 2.62. The molecule has 0 fully saturated rings. The first-order valence-corrected chi connectivity index (χ1v) is 6.47. The summed E-state index contributed by atoms with van der Waals surface area (Å²) in [5.74, 6) is 5.33. The third-order valence-corrected chi connectivity index (χ3v) is 3.20. The first kappa shape index (κ1) is 17.2. The lowest BCUT2D eigenvalue weighted by atomic mass is 10.1. The van der Waals surface area contributed by atoms with Crippen molar-refractivity contribution < 1.29 is 17.9 Å². The van der Waals surface area contributed by atoms with Gasteiger partial charge in [0.1, 0.15) is 6.61 Å². The molecule has 1 atom stereocenters. The first-order valence-electron chi connectivity index (χ1n) is 6.09. The maximum atomic E-state index is 12.0. The highest BCUT2D eigenvalue weighted by Gasteiger charge is 2.28. The molecule has 5 nitrogen and oxygen atoms in total. The van der Waals surface area contributed by atoms with Gasteiger partial charge in [-0.05, 0) is 6.42 Å². The summed E-state index contributed by atoms with van der Waals surface area (Å²) >= 11 is 6.16. The number of rotatable bonds is 7. The Morgan fingerprint density at radius 2 is 2.15 bits per heavy atom. The van der Waals surface area contributed by atoms with Gasteiger partial charge in [0.05, 0.1) is 29.1 Å². The molecule has 9 heteroatoms. The average molecular weight is 315 g/mol. The van der Waals surface area contributed by atoms with Crippen molar-refractivity contribution in [3.63, 3.8) is 0 Å². The second-order valence-electron chi connectivity index (χ2n) is 4.38. The van der Waals surface area contributed by atoms with E-state index >= 15 is 0 Å². The zero-order valence-corrected chi connectivity index (χ0v) is 12.1. The fourth-order valence-corrected chi connectivity index (χ4v) is 2.13. The SMILES string of the molecule is CCc1nn(C)c(CC(COCC(F)(F)F)NN)c1Cl. The Kier molecular flexibility index (Phi) is 6.25. The topological polar surface area (TPSA) is 65.1 Å². The molecule has 0 amide bonds. The van der Waals surface area contributed by atoms with Gasteiger partial charge in [0, 0.05) is 13.5 Å². The summed E-state index contributed by atoms with van der Waals surface area (Å²) in [4.78, 5) is 0. The van der Waals surface area contributed by atoms with Crippen LogP contribution in [0.2, 0.25) is 5.02 Å². The number of hydrazine groups is 1. The predicted molar refractivity (Wildman–Crippen MR) is 69.3 cm³/mol. The van der Waals surface area contributed by atoms with Gasteiger partial charge >= 0.3 is 6.18 Å². The first-order chi connectivity index (χ1) is 9.28. The van der Waals surface area contributed by atoms with Gasteiger partial charge in [-0.1, -0.05) is 18.5 Å². The summed E-state index contributed by atoms with van der Waals surface area (Å²) in [5.41, 5.74) is 3.88. The lowest BCUT2D eigenvalue weighted by Crippen LogP contribution is -2.41. The van der Waals surface area contributed by atoms with E-state index in [2.05, 4.69) is 15.3 Å².